The summed E-state index contributed by atoms with van der Waals surface area (Å²) < 4.78 is 38.7. The molecule has 0 fully saturated rings. The van der Waals surface area contributed by atoms with Crippen LogP contribution < -0.4 is 11.1 Å². The first-order chi connectivity index (χ1) is 8.34. The Balaban J connectivity index is 2.92. The molecule has 1 rings (SSSR count). The summed E-state index contributed by atoms with van der Waals surface area (Å²) >= 11 is 0. The minimum Gasteiger partial charge on any atom is -0.394 e. The molecule has 0 bridgehead atoms. The second kappa shape index (κ2) is 5.69. The molecule has 4 N–H and O–H groups in total. The zero-order chi connectivity index (χ0) is 13.8. The summed E-state index contributed by atoms with van der Waals surface area (Å²) in [6.45, 7) is -0.0475. The van der Waals surface area contributed by atoms with Gasteiger partial charge in [-0.1, -0.05) is 30.3 Å². The van der Waals surface area contributed by atoms with Gasteiger partial charge in [0, 0.05) is 6.54 Å². The minimum atomic E-state index is -4.48. The average molecular weight is 262 g/mol. The Morgan fingerprint density at radius 1 is 1.28 bits per heavy atom. The van der Waals surface area contributed by atoms with Crippen LogP contribution in [0.1, 0.15) is 18.5 Å². The first-order valence-corrected chi connectivity index (χ1v) is 5.54. The van der Waals surface area contributed by atoms with Crippen LogP contribution in [0.5, 0.6) is 0 Å². The molecule has 6 heteroatoms. The van der Waals surface area contributed by atoms with E-state index in [1.807, 2.05) is 0 Å². The SMILES string of the molecule is CC(CN)(N[C@@H](CO)c1ccccc1)C(F)(F)F. The smallest absolute Gasteiger partial charge is 0.394 e. The fourth-order valence-corrected chi connectivity index (χ4v) is 1.56. The number of alkyl halides is 3. The van der Waals surface area contributed by atoms with E-state index >= 15 is 0 Å². The maximum Gasteiger partial charge on any atom is 0.407 e. The number of aliphatic hydroxyl groups is 1. The van der Waals surface area contributed by atoms with Crippen molar-refractivity contribution < 1.29 is 18.3 Å². The second-order valence-electron chi connectivity index (χ2n) is 4.32. The Kier molecular flexibility index (Phi) is 4.72. The predicted molar refractivity (Wildman–Crippen MR) is 62.9 cm³/mol. The number of hydrogen-bond donors (Lipinski definition) is 3. The van der Waals surface area contributed by atoms with Crippen molar-refractivity contribution in [2.45, 2.75) is 24.7 Å². The minimum absolute atomic E-state index is 0.435. The number of benzene rings is 1. The summed E-state index contributed by atoms with van der Waals surface area (Å²) in [4.78, 5) is 0. The third-order valence-corrected chi connectivity index (χ3v) is 2.91. The van der Waals surface area contributed by atoms with Gasteiger partial charge >= 0.3 is 6.18 Å². The van der Waals surface area contributed by atoms with Gasteiger partial charge in [-0.25, -0.2) is 0 Å². The highest BCUT2D eigenvalue weighted by Crippen LogP contribution is 2.31. The van der Waals surface area contributed by atoms with E-state index in [1.54, 1.807) is 30.3 Å². The summed E-state index contributed by atoms with van der Waals surface area (Å²) in [7, 11) is 0. The molecule has 1 aromatic carbocycles. The zero-order valence-corrected chi connectivity index (χ0v) is 10.0. The van der Waals surface area contributed by atoms with Crippen molar-refractivity contribution >= 4 is 0 Å². The van der Waals surface area contributed by atoms with Gasteiger partial charge in [0.1, 0.15) is 5.54 Å². The standard InChI is InChI=1S/C12H17F3N2O/c1-11(8-16,12(13,14)15)17-10(7-18)9-5-3-2-4-6-9/h2-6,10,17-18H,7-8,16H2,1H3/t10-,11?/m0/s1. The monoisotopic (exact) mass is 262 g/mol. The van der Waals surface area contributed by atoms with Gasteiger partial charge in [0.25, 0.3) is 0 Å². The van der Waals surface area contributed by atoms with Crippen LogP contribution in [0.25, 0.3) is 0 Å². The van der Waals surface area contributed by atoms with Gasteiger partial charge in [-0.2, -0.15) is 13.2 Å². The average Bonchev–Trinajstić information content (AvgIpc) is 2.35. The molecule has 0 aliphatic carbocycles. The van der Waals surface area contributed by atoms with Gasteiger partial charge in [-0.3, -0.25) is 5.32 Å². The quantitative estimate of drug-likeness (QED) is 0.755. The fraction of sp³-hybridized carbons (Fsp3) is 0.500. The molecule has 2 atom stereocenters. The number of hydrogen-bond acceptors (Lipinski definition) is 3. The first kappa shape index (κ1) is 14.9. The van der Waals surface area contributed by atoms with E-state index in [4.69, 9.17) is 5.73 Å². The van der Waals surface area contributed by atoms with Crippen molar-refractivity contribution in [3.05, 3.63) is 35.9 Å². The third kappa shape index (κ3) is 3.22. The molecule has 0 amide bonds. The molecule has 0 aliphatic rings. The molecular formula is C12H17F3N2O. The molecule has 0 spiro atoms. The molecule has 0 radical (unpaired) electrons. The van der Waals surface area contributed by atoms with Crippen LogP contribution in [0.2, 0.25) is 0 Å². The molecule has 3 nitrogen and oxygen atoms in total. The highest BCUT2D eigenvalue weighted by Gasteiger charge is 2.51. The maximum absolute atomic E-state index is 12.9. The summed E-state index contributed by atoms with van der Waals surface area (Å²) in [5.41, 5.74) is 3.57. The lowest BCUT2D eigenvalue weighted by Gasteiger charge is -2.35. The van der Waals surface area contributed by atoms with Crippen molar-refractivity contribution in [1.29, 1.82) is 0 Å². The van der Waals surface area contributed by atoms with Gasteiger partial charge in [-0.15, -0.1) is 0 Å². The summed E-state index contributed by atoms with van der Waals surface area (Å²) in [5, 5.41) is 11.6. The molecule has 0 aromatic heterocycles. The summed E-state index contributed by atoms with van der Waals surface area (Å²) in [6.07, 6.45) is -4.48. The Hall–Kier alpha value is -1.11. The van der Waals surface area contributed by atoms with E-state index in [9.17, 15) is 18.3 Å². The molecule has 18 heavy (non-hydrogen) atoms. The van der Waals surface area contributed by atoms with Crippen LogP contribution in [-0.4, -0.2) is 30.0 Å². The molecule has 0 heterocycles. The van der Waals surface area contributed by atoms with Crippen LogP contribution in [0.3, 0.4) is 0 Å². The highest BCUT2D eigenvalue weighted by molar-refractivity contribution is 5.20. The van der Waals surface area contributed by atoms with Gasteiger partial charge in [0.15, 0.2) is 0 Å². The van der Waals surface area contributed by atoms with E-state index in [0.717, 1.165) is 6.92 Å². The summed E-state index contributed by atoms with van der Waals surface area (Å²) in [6, 6.07) is 7.66. The Morgan fingerprint density at radius 3 is 2.22 bits per heavy atom. The van der Waals surface area contributed by atoms with Crippen LogP contribution in [0, 0.1) is 0 Å². The van der Waals surface area contributed by atoms with Crippen LogP contribution in [0.4, 0.5) is 13.2 Å². The second-order valence-corrected chi connectivity index (χ2v) is 4.32. The number of aliphatic hydroxyl groups excluding tert-OH is 1. The van der Waals surface area contributed by atoms with Gasteiger partial charge in [0.2, 0.25) is 0 Å². The molecule has 0 saturated heterocycles. The van der Waals surface area contributed by atoms with Crippen LogP contribution in [0.15, 0.2) is 30.3 Å². The number of rotatable bonds is 5. The molecule has 0 aliphatic heterocycles. The van der Waals surface area contributed by atoms with E-state index in [2.05, 4.69) is 5.32 Å². The topological polar surface area (TPSA) is 58.3 Å². The van der Waals surface area contributed by atoms with E-state index < -0.39 is 30.9 Å². The number of halogens is 3. The Bertz CT molecular complexity index is 369. The van der Waals surface area contributed by atoms with E-state index in [1.165, 1.54) is 0 Å². The maximum atomic E-state index is 12.9. The molecule has 0 saturated carbocycles. The Labute approximate surface area is 104 Å². The first-order valence-electron chi connectivity index (χ1n) is 5.54. The van der Waals surface area contributed by atoms with Crippen molar-refractivity contribution in [1.82, 2.24) is 5.32 Å². The van der Waals surface area contributed by atoms with Crippen molar-refractivity contribution in [3.8, 4) is 0 Å². The largest absolute Gasteiger partial charge is 0.407 e. The van der Waals surface area contributed by atoms with E-state index in [0.29, 0.717) is 5.56 Å². The number of nitrogens with one attached hydrogen (secondary N) is 1. The zero-order valence-electron chi connectivity index (χ0n) is 10.0. The van der Waals surface area contributed by atoms with Crippen molar-refractivity contribution in [2.24, 2.45) is 5.73 Å². The lowest BCUT2D eigenvalue weighted by Crippen LogP contribution is -2.60. The van der Waals surface area contributed by atoms with Gasteiger partial charge in [0.05, 0.1) is 12.6 Å². The third-order valence-electron chi connectivity index (χ3n) is 2.91. The van der Waals surface area contributed by atoms with Gasteiger partial charge in [-0.05, 0) is 12.5 Å². The lowest BCUT2D eigenvalue weighted by atomic mass is 9.98. The normalized spacial score (nSPS) is 17.2. The van der Waals surface area contributed by atoms with E-state index in [-0.39, 0.29) is 0 Å². The predicted octanol–water partition coefficient (Wildman–Crippen LogP) is 1.59. The Morgan fingerprint density at radius 2 is 1.83 bits per heavy atom. The van der Waals surface area contributed by atoms with Crippen LogP contribution >= 0.6 is 0 Å². The number of nitrogens with two attached hydrogens (primary N) is 1. The molecule has 1 aromatic rings. The highest BCUT2D eigenvalue weighted by atomic mass is 19.4. The van der Waals surface area contributed by atoms with Crippen LogP contribution in [-0.2, 0) is 0 Å². The van der Waals surface area contributed by atoms with Gasteiger partial charge < -0.3 is 10.8 Å². The molecule has 102 valence electrons. The van der Waals surface area contributed by atoms with Crippen molar-refractivity contribution in [3.63, 3.8) is 0 Å². The molecular weight excluding hydrogens is 245 g/mol. The fourth-order valence-electron chi connectivity index (χ4n) is 1.56. The summed E-state index contributed by atoms with van der Waals surface area (Å²) in [5.74, 6) is 0. The molecule has 1 unspecified atom stereocenters. The van der Waals surface area contributed by atoms with Crippen molar-refractivity contribution in [2.75, 3.05) is 13.2 Å². The lowest BCUT2D eigenvalue weighted by molar-refractivity contribution is -0.191.